The van der Waals surface area contributed by atoms with E-state index in [1.54, 1.807) is 12.3 Å². The molecule has 1 atom stereocenters. The molecule has 2 heterocycles. The Labute approximate surface area is 71.4 Å². The molecule has 0 spiro atoms. The van der Waals surface area contributed by atoms with Crippen LogP contribution >= 0.6 is 15.9 Å². The summed E-state index contributed by atoms with van der Waals surface area (Å²) in [5, 5.41) is 0.762. The summed E-state index contributed by atoms with van der Waals surface area (Å²) in [6.07, 6.45) is 4.82. The van der Waals surface area contributed by atoms with Crippen LogP contribution in [0.5, 0.6) is 0 Å². The van der Waals surface area contributed by atoms with Crippen molar-refractivity contribution in [3.05, 3.63) is 23.0 Å². The zero-order valence-corrected chi connectivity index (χ0v) is 7.05. The molecule has 2 aliphatic rings. The first-order valence-corrected chi connectivity index (χ1v) is 3.87. The van der Waals surface area contributed by atoms with Gasteiger partial charge in [-0.2, -0.15) is 10.4 Å². The highest BCUT2D eigenvalue weighted by Gasteiger charge is 2.28. The van der Waals surface area contributed by atoms with Crippen molar-refractivity contribution in [3.63, 3.8) is 0 Å². The van der Waals surface area contributed by atoms with Crippen LogP contribution in [0, 0.1) is 0 Å². The Hall–Kier alpha value is -0.940. The minimum absolute atomic E-state index is 0.105. The Bertz CT molecular complexity index is 305. The molecule has 0 bridgehead atoms. The van der Waals surface area contributed by atoms with E-state index in [2.05, 4.69) is 26.3 Å². The minimum atomic E-state index is -0.105. The van der Waals surface area contributed by atoms with Gasteiger partial charge in [0.15, 0.2) is 0 Å². The Morgan fingerprint density at radius 3 is 3.18 bits per heavy atom. The quantitative estimate of drug-likeness (QED) is 0.504. The molecule has 0 radical (unpaired) electrons. The molecule has 11 heavy (non-hydrogen) atoms. The molecule has 0 aromatic rings. The van der Waals surface area contributed by atoms with Crippen LogP contribution in [0.3, 0.4) is 0 Å². The highest BCUT2D eigenvalue weighted by molar-refractivity contribution is 9.11. The molecule has 0 fully saturated rings. The number of amides is 1. The molecule has 0 saturated carbocycles. The van der Waals surface area contributed by atoms with E-state index in [9.17, 15) is 4.79 Å². The topological polar surface area (TPSA) is 45.9 Å². The molecule has 5 heteroatoms. The number of nitrogens with one attached hydrogen (secondary N) is 2. The van der Waals surface area contributed by atoms with E-state index < -0.39 is 0 Å². The average molecular weight is 215 g/mol. The first-order chi connectivity index (χ1) is 5.27. The lowest BCUT2D eigenvalue weighted by molar-refractivity contribution is -0.790. The highest BCUT2D eigenvalue weighted by atomic mass is 79.9. The van der Waals surface area contributed by atoms with Gasteiger partial charge >= 0.3 is 0 Å². The number of carbonyl (C=O) groups excluding carboxylic acids is 1. The molecule has 2 rings (SSSR count). The van der Waals surface area contributed by atoms with Gasteiger partial charge in [0.05, 0.1) is 0 Å². The molecular weight excluding hydrogens is 210 g/mol. The summed E-state index contributed by atoms with van der Waals surface area (Å²) in [6.45, 7) is 0. The second kappa shape index (κ2) is 2.28. The number of hydrogen-bond acceptors (Lipinski definition) is 2. The summed E-state index contributed by atoms with van der Waals surface area (Å²) >= 11 is 3.27. The second-order valence-electron chi connectivity index (χ2n) is 2.19. The maximum Gasteiger partial charge on any atom is 0.289 e. The monoisotopic (exact) mass is 214 g/mol. The molecule has 0 saturated heterocycles. The van der Waals surface area contributed by atoms with Crippen LogP contribution in [0.1, 0.15) is 0 Å². The summed E-state index contributed by atoms with van der Waals surface area (Å²) in [5.41, 5.74) is 2.67. The van der Waals surface area contributed by atoms with Gasteiger partial charge in [0.25, 0.3) is 11.7 Å². The van der Waals surface area contributed by atoms with Crippen LogP contribution in [0.25, 0.3) is 0 Å². The summed E-state index contributed by atoms with van der Waals surface area (Å²) in [5.74, 6) is 0.697. The van der Waals surface area contributed by atoms with Gasteiger partial charge in [0.1, 0.15) is 6.20 Å². The van der Waals surface area contributed by atoms with Crippen molar-refractivity contribution >= 4 is 27.7 Å². The van der Waals surface area contributed by atoms with Crippen molar-refractivity contribution in [2.75, 3.05) is 0 Å². The van der Waals surface area contributed by atoms with E-state index in [1.807, 2.05) is 0 Å². The first-order valence-electron chi connectivity index (χ1n) is 3.07. The Balaban J connectivity index is 2.35. The summed E-state index contributed by atoms with van der Waals surface area (Å²) in [7, 11) is 0. The number of halogens is 1. The smallest absolute Gasteiger partial charge is 0.265 e. The fourth-order valence-electron chi connectivity index (χ4n) is 0.947. The number of hydrogen-bond donors (Lipinski definition) is 2. The number of amidine groups is 1. The molecular formula is C6H5BrN3O+. The van der Waals surface area contributed by atoms with Crippen LogP contribution in [0.4, 0.5) is 0 Å². The number of aliphatic imine (C=N–C) groups is 1. The van der Waals surface area contributed by atoms with Crippen LogP contribution in [-0.4, -0.2) is 11.7 Å². The normalized spacial score (nSPS) is 27.4. The van der Waals surface area contributed by atoms with E-state index in [-0.39, 0.29) is 5.91 Å². The Morgan fingerprint density at radius 2 is 2.36 bits per heavy atom. The zero-order valence-electron chi connectivity index (χ0n) is 5.47. The van der Waals surface area contributed by atoms with Gasteiger partial charge in [-0.25, -0.2) is 0 Å². The van der Waals surface area contributed by atoms with Crippen molar-refractivity contribution in [2.45, 2.75) is 0 Å². The van der Waals surface area contributed by atoms with Crippen molar-refractivity contribution in [1.29, 1.82) is 0 Å². The third kappa shape index (κ3) is 1.02. The van der Waals surface area contributed by atoms with Gasteiger partial charge in [-0.15, -0.1) is 5.01 Å². The largest absolute Gasteiger partial charge is 0.289 e. The number of nitrogens with zero attached hydrogens (tertiary/aromatic N) is 1. The van der Waals surface area contributed by atoms with Crippen LogP contribution in [0.2, 0.25) is 0 Å². The predicted octanol–water partition coefficient (Wildman–Crippen LogP) is -0.922. The lowest BCUT2D eigenvalue weighted by atomic mass is 10.4. The molecule has 2 aliphatic heterocycles. The maximum absolute atomic E-state index is 10.8. The van der Waals surface area contributed by atoms with Crippen molar-refractivity contribution < 1.29 is 9.80 Å². The van der Waals surface area contributed by atoms with Gasteiger partial charge in [-0.05, 0) is 0 Å². The van der Waals surface area contributed by atoms with E-state index in [0.29, 0.717) is 0 Å². The fraction of sp³-hybridized carbons (Fsp3) is 0. The molecule has 0 aromatic carbocycles. The number of rotatable bonds is 0. The molecule has 0 aromatic heterocycles. The molecule has 1 unspecified atom stereocenters. The highest BCUT2D eigenvalue weighted by Crippen LogP contribution is 2.01. The van der Waals surface area contributed by atoms with Crippen molar-refractivity contribution in [2.24, 2.45) is 4.99 Å². The summed E-state index contributed by atoms with van der Waals surface area (Å²) in [4.78, 5) is 14.9. The second-order valence-corrected chi connectivity index (χ2v) is 3.04. The predicted molar refractivity (Wildman–Crippen MR) is 42.7 cm³/mol. The molecule has 1 amide bonds. The zero-order chi connectivity index (χ0) is 7.84. The molecule has 2 N–H and O–H groups in total. The first kappa shape index (κ1) is 6.75. The fourth-order valence-corrected chi connectivity index (χ4v) is 1.35. The van der Waals surface area contributed by atoms with Gasteiger partial charge in [-0.3, -0.25) is 4.79 Å². The van der Waals surface area contributed by atoms with Crippen LogP contribution in [0.15, 0.2) is 28.0 Å². The SMILES string of the molecule is O=C1C=CC2=NC=C(Br)[NH+]2N1. The number of fused-ring (bicyclic) bond motifs is 1. The third-order valence-electron chi connectivity index (χ3n) is 1.45. The maximum atomic E-state index is 10.8. The van der Waals surface area contributed by atoms with Gasteiger partial charge < -0.3 is 0 Å². The van der Waals surface area contributed by atoms with Gasteiger partial charge in [0, 0.05) is 28.1 Å². The number of carbonyl (C=O) groups is 1. The van der Waals surface area contributed by atoms with Crippen LogP contribution in [-0.2, 0) is 4.79 Å². The lowest BCUT2D eigenvalue weighted by Crippen LogP contribution is -3.18. The van der Waals surface area contributed by atoms with Crippen molar-refractivity contribution in [1.82, 2.24) is 5.43 Å². The Morgan fingerprint density at radius 1 is 1.55 bits per heavy atom. The lowest BCUT2D eigenvalue weighted by Gasteiger charge is -2.14. The average Bonchev–Trinajstić information content (AvgIpc) is 2.33. The summed E-state index contributed by atoms with van der Waals surface area (Å²) in [6, 6.07) is 0. The molecule has 4 nitrogen and oxygen atoms in total. The molecule has 56 valence electrons. The summed E-state index contributed by atoms with van der Waals surface area (Å²) < 4.78 is 0.824. The van der Waals surface area contributed by atoms with E-state index in [0.717, 1.165) is 15.5 Å². The standard InChI is InChI=1S/C6H4BrN3O/c7-4-3-8-5-1-2-6(11)9-10(4)5/h1-3H,(H,9,11)/p+1. The third-order valence-corrected chi connectivity index (χ3v) is 2.05. The van der Waals surface area contributed by atoms with Gasteiger partial charge in [0.2, 0.25) is 4.61 Å². The van der Waals surface area contributed by atoms with Crippen molar-refractivity contribution in [3.8, 4) is 0 Å². The van der Waals surface area contributed by atoms with E-state index in [1.165, 1.54) is 6.08 Å². The number of quaternary nitrogens is 1. The molecule has 0 aliphatic carbocycles. The van der Waals surface area contributed by atoms with Gasteiger partial charge in [-0.1, -0.05) is 0 Å². The van der Waals surface area contributed by atoms with E-state index in [4.69, 9.17) is 0 Å². The van der Waals surface area contributed by atoms with E-state index >= 15 is 0 Å². The Kier molecular flexibility index (Phi) is 1.40. The van der Waals surface area contributed by atoms with Crippen LogP contribution < -0.4 is 10.4 Å². The minimum Gasteiger partial charge on any atom is -0.265 e.